The molecule has 0 aliphatic carbocycles. The Morgan fingerprint density at radius 2 is 1.94 bits per heavy atom. The Kier molecular flexibility index (Phi) is 6.90. The van der Waals surface area contributed by atoms with Crippen LogP contribution in [0.3, 0.4) is 0 Å². The normalized spacial score (nSPS) is 11.7. The standard InChI is InChI=1S/C9H10I2N2O2.ClH/c10-5-2-6(11)8(13)1-4(5)7(12)3-9(14)15;/h1-2,7H,3,12-13H2,(H,14,15);1H. The van der Waals surface area contributed by atoms with Crippen LogP contribution >= 0.6 is 57.6 Å². The quantitative estimate of drug-likeness (QED) is 0.470. The molecule has 0 bridgehead atoms. The first kappa shape index (κ1) is 16.2. The summed E-state index contributed by atoms with van der Waals surface area (Å²) in [5.41, 5.74) is 12.9. The van der Waals surface area contributed by atoms with E-state index < -0.39 is 12.0 Å². The fraction of sp³-hybridized carbons (Fsp3) is 0.222. The van der Waals surface area contributed by atoms with Crippen LogP contribution in [0, 0.1) is 7.14 Å². The number of hydrogen-bond acceptors (Lipinski definition) is 3. The summed E-state index contributed by atoms with van der Waals surface area (Å²) < 4.78 is 1.89. The number of carboxylic acid groups (broad SMARTS) is 1. The number of rotatable bonds is 3. The van der Waals surface area contributed by atoms with Gasteiger partial charge in [0.05, 0.1) is 6.42 Å². The van der Waals surface area contributed by atoms with Crippen LogP contribution in [0.25, 0.3) is 0 Å². The predicted molar refractivity (Wildman–Crippen MR) is 82.7 cm³/mol. The summed E-state index contributed by atoms with van der Waals surface area (Å²) >= 11 is 4.26. The molecule has 0 heterocycles. The zero-order chi connectivity index (χ0) is 11.6. The van der Waals surface area contributed by atoms with Crippen LogP contribution in [-0.4, -0.2) is 11.1 Å². The largest absolute Gasteiger partial charge is 0.481 e. The molecule has 4 nitrogen and oxygen atoms in total. The van der Waals surface area contributed by atoms with Crippen molar-refractivity contribution in [2.45, 2.75) is 12.5 Å². The highest BCUT2D eigenvalue weighted by Gasteiger charge is 2.15. The van der Waals surface area contributed by atoms with Crippen molar-refractivity contribution in [2.24, 2.45) is 5.73 Å². The van der Waals surface area contributed by atoms with E-state index in [-0.39, 0.29) is 18.8 Å². The van der Waals surface area contributed by atoms with Gasteiger partial charge in [0.25, 0.3) is 0 Å². The Bertz CT molecular complexity index is 401. The fourth-order valence-corrected chi connectivity index (χ4v) is 3.10. The summed E-state index contributed by atoms with van der Waals surface area (Å²) in [6.45, 7) is 0. The number of carboxylic acids is 1. The second-order valence-electron chi connectivity index (χ2n) is 3.10. The SMILES string of the molecule is Cl.Nc1cc(C(N)CC(=O)O)c(I)cc1I. The van der Waals surface area contributed by atoms with Crippen molar-refractivity contribution < 1.29 is 9.90 Å². The Balaban J connectivity index is 0.00000225. The lowest BCUT2D eigenvalue weighted by molar-refractivity contribution is -0.137. The molecule has 1 atom stereocenters. The molecule has 1 unspecified atom stereocenters. The van der Waals surface area contributed by atoms with E-state index in [2.05, 4.69) is 45.2 Å². The summed E-state index contributed by atoms with van der Waals surface area (Å²) in [6, 6.07) is 3.14. The molecule has 1 rings (SSSR count). The van der Waals surface area contributed by atoms with Crippen LogP contribution in [0.2, 0.25) is 0 Å². The topological polar surface area (TPSA) is 89.3 Å². The first-order valence-electron chi connectivity index (χ1n) is 4.13. The van der Waals surface area contributed by atoms with Crippen LogP contribution in [0.1, 0.15) is 18.0 Å². The highest BCUT2D eigenvalue weighted by molar-refractivity contribution is 14.1. The zero-order valence-electron chi connectivity index (χ0n) is 8.11. The smallest absolute Gasteiger partial charge is 0.305 e. The first-order chi connectivity index (χ1) is 6.91. The number of benzene rings is 1. The number of nitrogens with two attached hydrogens (primary N) is 2. The number of aliphatic carboxylic acids is 1. The van der Waals surface area contributed by atoms with Crippen molar-refractivity contribution in [3.05, 3.63) is 24.8 Å². The molecular formula is C9H11ClI2N2O2. The molecule has 1 aromatic rings. The average Bonchev–Trinajstić information content (AvgIpc) is 2.09. The highest BCUT2D eigenvalue weighted by atomic mass is 127. The van der Waals surface area contributed by atoms with Crippen molar-refractivity contribution in [3.8, 4) is 0 Å². The Morgan fingerprint density at radius 1 is 1.38 bits per heavy atom. The predicted octanol–water partition coefficient (Wildman–Crippen LogP) is 2.37. The monoisotopic (exact) mass is 468 g/mol. The van der Waals surface area contributed by atoms with Crippen molar-refractivity contribution in [3.63, 3.8) is 0 Å². The first-order valence-corrected chi connectivity index (χ1v) is 6.29. The zero-order valence-corrected chi connectivity index (χ0v) is 13.2. The van der Waals surface area contributed by atoms with E-state index in [1.54, 1.807) is 6.07 Å². The number of halogens is 3. The maximum absolute atomic E-state index is 10.5. The van der Waals surface area contributed by atoms with Crippen molar-refractivity contribution in [1.82, 2.24) is 0 Å². The molecule has 0 amide bonds. The molecular weight excluding hydrogens is 457 g/mol. The lowest BCUT2D eigenvalue weighted by Gasteiger charge is -2.13. The van der Waals surface area contributed by atoms with Gasteiger partial charge in [0, 0.05) is 18.9 Å². The third kappa shape index (κ3) is 4.22. The van der Waals surface area contributed by atoms with Gasteiger partial charge in [-0.05, 0) is 62.9 Å². The van der Waals surface area contributed by atoms with Gasteiger partial charge in [-0.25, -0.2) is 0 Å². The van der Waals surface area contributed by atoms with E-state index in [0.717, 1.165) is 12.7 Å². The molecule has 0 fully saturated rings. The maximum Gasteiger partial charge on any atom is 0.305 e. The summed E-state index contributed by atoms with van der Waals surface area (Å²) in [5, 5.41) is 8.64. The Morgan fingerprint density at radius 3 is 2.44 bits per heavy atom. The summed E-state index contributed by atoms with van der Waals surface area (Å²) in [7, 11) is 0. The minimum atomic E-state index is -0.907. The second-order valence-corrected chi connectivity index (χ2v) is 5.42. The Labute approximate surface area is 127 Å². The van der Waals surface area contributed by atoms with E-state index in [0.29, 0.717) is 5.69 Å². The average molecular weight is 468 g/mol. The van der Waals surface area contributed by atoms with Crippen LogP contribution in [0.15, 0.2) is 12.1 Å². The molecule has 0 aliphatic heterocycles. The van der Waals surface area contributed by atoms with E-state index >= 15 is 0 Å². The van der Waals surface area contributed by atoms with Gasteiger partial charge in [-0.1, -0.05) is 0 Å². The lowest BCUT2D eigenvalue weighted by atomic mass is 10.0. The minimum absolute atomic E-state index is 0. The highest BCUT2D eigenvalue weighted by Crippen LogP contribution is 2.27. The molecule has 7 heteroatoms. The Hall–Kier alpha value is 0.200. The third-order valence-electron chi connectivity index (χ3n) is 1.91. The van der Waals surface area contributed by atoms with Gasteiger partial charge < -0.3 is 16.6 Å². The minimum Gasteiger partial charge on any atom is -0.481 e. The molecule has 90 valence electrons. The number of nitrogen functional groups attached to an aromatic ring is 1. The van der Waals surface area contributed by atoms with Crippen LogP contribution in [0.5, 0.6) is 0 Å². The van der Waals surface area contributed by atoms with Crippen molar-refractivity contribution in [2.75, 3.05) is 5.73 Å². The van der Waals surface area contributed by atoms with Crippen LogP contribution in [-0.2, 0) is 4.79 Å². The van der Waals surface area contributed by atoms with E-state index in [1.165, 1.54) is 0 Å². The van der Waals surface area contributed by atoms with Gasteiger partial charge in [0.1, 0.15) is 0 Å². The van der Waals surface area contributed by atoms with E-state index in [9.17, 15) is 4.79 Å². The molecule has 0 aliphatic rings. The number of anilines is 1. The molecule has 0 aromatic heterocycles. The fourth-order valence-electron chi connectivity index (χ4n) is 1.17. The number of hydrogen-bond donors (Lipinski definition) is 3. The molecule has 5 N–H and O–H groups in total. The van der Waals surface area contributed by atoms with Crippen molar-refractivity contribution in [1.29, 1.82) is 0 Å². The lowest BCUT2D eigenvalue weighted by Crippen LogP contribution is -2.16. The van der Waals surface area contributed by atoms with Gasteiger partial charge >= 0.3 is 5.97 Å². The van der Waals surface area contributed by atoms with Gasteiger partial charge in [-0.2, -0.15) is 0 Å². The summed E-state index contributed by atoms with van der Waals surface area (Å²) in [4.78, 5) is 10.5. The maximum atomic E-state index is 10.5. The van der Waals surface area contributed by atoms with Gasteiger partial charge in [-0.15, -0.1) is 12.4 Å². The van der Waals surface area contributed by atoms with Crippen LogP contribution < -0.4 is 11.5 Å². The molecule has 0 saturated carbocycles. The summed E-state index contributed by atoms with van der Waals surface area (Å²) in [6.07, 6.45) is -0.0873. The molecule has 1 aromatic carbocycles. The van der Waals surface area contributed by atoms with Crippen LogP contribution in [0.4, 0.5) is 5.69 Å². The third-order valence-corrected chi connectivity index (χ3v) is 3.78. The van der Waals surface area contributed by atoms with Crippen molar-refractivity contribution >= 4 is 69.2 Å². The van der Waals surface area contributed by atoms with E-state index in [4.69, 9.17) is 16.6 Å². The molecule has 0 spiro atoms. The van der Waals surface area contributed by atoms with E-state index in [1.807, 2.05) is 6.07 Å². The molecule has 0 radical (unpaired) electrons. The molecule has 16 heavy (non-hydrogen) atoms. The van der Waals surface area contributed by atoms with Gasteiger partial charge in [0.15, 0.2) is 0 Å². The summed E-state index contributed by atoms with van der Waals surface area (Å²) in [5.74, 6) is -0.907. The number of carbonyl (C=O) groups is 1. The van der Waals surface area contributed by atoms with Gasteiger partial charge in [-0.3, -0.25) is 4.79 Å². The van der Waals surface area contributed by atoms with Gasteiger partial charge in [0.2, 0.25) is 0 Å². The molecule has 0 saturated heterocycles. The second kappa shape index (κ2) is 6.82.